The molecule has 0 radical (unpaired) electrons. The Morgan fingerprint density at radius 2 is 2.14 bits per heavy atom. The van der Waals surface area contributed by atoms with E-state index in [4.69, 9.17) is 4.74 Å². The maximum Gasteiger partial charge on any atom is 0.325 e. The molecule has 0 spiro atoms. The number of benzene rings is 1. The molecule has 0 bridgehead atoms. The molecule has 0 aliphatic carbocycles. The fraction of sp³-hybridized carbons (Fsp3) is 0.400. The quantitative estimate of drug-likeness (QED) is 0.825. The van der Waals surface area contributed by atoms with Gasteiger partial charge in [0.15, 0.2) is 0 Å². The highest BCUT2D eigenvalue weighted by molar-refractivity contribution is 5.99. The van der Waals surface area contributed by atoms with Crippen LogP contribution < -0.4 is 0 Å². The highest BCUT2D eigenvalue weighted by Crippen LogP contribution is 2.15. The molecule has 0 fully saturated rings. The predicted octanol–water partition coefficient (Wildman–Crippen LogP) is 1.98. The molecule has 6 nitrogen and oxygen atoms in total. The molecule has 6 heteroatoms. The van der Waals surface area contributed by atoms with E-state index in [-0.39, 0.29) is 18.4 Å². The number of aromatic amines is 1. The third kappa shape index (κ3) is 3.59. The molecule has 21 heavy (non-hydrogen) atoms. The van der Waals surface area contributed by atoms with E-state index >= 15 is 0 Å². The number of nitrogens with zero attached hydrogens (tertiary/aromatic N) is 2. The normalized spacial score (nSPS) is 10.6. The Morgan fingerprint density at radius 3 is 2.86 bits per heavy atom. The third-order valence-electron chi connectivity index (χ3n) is 3.09. The zero-order chi connectivity index (χ0) is 15.2. The van der Waals surface area contributed by atoms with Crippen LogP contribution in [-0.2, 0) is 9.53 Å². The summed E-state index contributed by atoms with van der Waals surface area (Å²) in [7, 11) is 0. The van der Waals surface area contributed by atoms with Gasteiger partial charge in [-0.15, -0.1) is 0 Å². The number of nitrogens with one attached hydrogen (secondary N) is 1. The molecule has 2 aromatic rings. The van der Waals surface area contributed by atoms with Crippen molar-refractivity contribution in [3.05, 3.63) is 30.0 Å². The highest BCUT2D eigenvalue weighted by atomic mass is 16.5. The molecule has 0 saturated heterocycles. The summed E-state index contributed by atoms with van der Waals surface area (Å²) in [5.74, 6) is -0.559. The first-order valence-electron chi connectivity index (χ1n) is 7.03. The summed E-state index contributed by atoms with van der Waals surface area (Å²) < 4.78 is 4.91. The van der Waals surface area contributed by atoms with Gasteiger partial charge in [0.05, 0.1) is 18.3 Å². The van der Waals surface area contributed by atoms with E-state index in [1.54, 1.807) is 25.3 Å². The van der Waals surface area contributed by atoms with Crippen LogP contribution in [0, 0.1) is 0 Å². The minimum absolute atomic E-state index is 0.0239. The average Bonchev–Trinajstić information content (AvgIpc) is 2.93. The number of fused-ring (bicyclic) bond motifs is 1. The van der Waals surface area contributed by atoms with E-state index in [2.05, 4.69) is 10.2 Å². The van der Waals surface area contributed by atoms with Crippen LogP contribution in [-0.4, -0.2) is 46.7 Å². The Bertz CT molecular complexity index is 636. The number of hydrogen-bond donors (Lipinski definition) is 1. The van der Waals surface area contributed by atoms with Gasteiger partial charge in [0, 0.05) is 17.5 Å². The molecule has 0 unspecified atom stereocenters. The van der Waals surface area contributed by atoms with Crippen molar-refractivity contribution in [2.75, 3.05) is 19.7 Å². The first-order valence-corrected chi connectivity index (χ1v) is 7.03. The molecule has 0 aliphatic rings. The summed E-state index contributed by atoms with van der Waals surface area (Å²) in [5.41, 5.74) is 1.42. The molecular weight excluding hydrogens is 270 g/mol. The summed E-state index contributed by atoms with van der Waals surface area (Å²) in [6.07, 6.45) is 2.45. The zero-order valence-corrected chi connectivity index (χ0v) is 12.3. The lowest BCUT2D eigenvalue weighted by molar-refractivity contribution is -0.143. The number of rotatable bonds is 6. The van der Waals surface area contributed by atoms with Gasteiger partial charge < -0.3 is 9.64 Å². The van der Waals surface area contributed by atoms with Gasteiger partial charge in [-0.3, -0.25) is 14.7 Å². The Morgan fingerprint density at radius 1 is 1.33 bits per heavy atom. The summed E-state index contributed by atoms with van der Waals surface area (Å²) in [6, 6.07) is 5.32. The van der Waals surface area contributed by atoms with Gasteiger partial charge in [-0.05, 0) is 31.5 Å². The second kappa shape index (κ2) is 6.88. The maximum absolute atomic E-state index is 12.5. The Labute approximate surface area is 123 Å². The smallest absolute Gasteiger partial charge is 0.325 e. The minimum Gasteiger partial charge on any atom is -0.465 e. The summed E-state index contributed by atoms with van der Waals surface area (Å²) >= 11 is 0. The van der Waals surface area contributed by atoms with Crippen LogP contribution in [0.2, 0.25) is 0 Å². The van der Waals surface area contributed by atoms with E-state index in [1.165, 1.54) is 4.90 Å². The van der Waals surface area contributed by atoms with Gasteiger partial charge in [0.2, 0.25) is 0 Å². The Balaban J connectivity index is 2.18. The number of carbonyl (C=O) groups excluding carboxylic acids is 2. The molecule has 0 aliphatic heterocycles. The van der Waals surface area contributed by atoms with Crippen LogP contribution >= 0.6 is 0 Å². The molecular formula is C15H19N3O3. The molecule has 1 amide bonds. The highest BCUT2D eigenvalue weighted by Gasteiger charge is 2.19. The lowest BCUT2D eigenvalue weighted by Crippen LogP contribution is -2.37. The minimum atomic E-state index is -0.385. The van der Waals surface area contributed by atoms with Crippen molar-refractivity contribution in [3.8, 4) is 0 Å². The van der Waals surface area contributed by atoms with E-state index < -0.39 is 0 Å². The molecule has 0 atom stereocenters. The Hall–Kier alpha value is -2.37. The fourth-order valence-corrected chi connectivity index (χ4v) is 2.14. The van der Waals surface area contributed by atoms with Gasteiger partial charge in [-0.25, -0.2) is 0 Å². The van der Waals surface area contributed by atoms with E-state index in [1.807, 2.05) is 13.0 Å². The second-order valence-electron chi connectivity index (χ2n) is 4.70. The van der Waals surface area contributed by atoms with Gasteiger partial charge in [-0.1, -0.05) is 6.92 Å². The summed E-state index contributed by atoms with van der Waals surface area (Å²) in [6.45, 7) is 4.51. The number of hydrogen-bond acceptors (Lipinski definition) is 4. The predicted molar refractivity (Wildman–Crippen MR) is 78.9 cm³/mol. The van der Waals surface area contributed by atoms with E-state index in [9.17, 15) is 9.59 Å². The second-order valence-corrected chi connectivity index (χ2v) is 4.70. The first kappa shape index (κ1) is 15.0. The standard InChI is InChI=1S/C15H19N3O3/c1-3-7-18(10-14(19)21-4-2)15(20)11-5-6-13-12(8-11)9-16-17-13/h5-6,8-9H,3-4,7,10H2,1-2H3,(H,16,17). The van der Waals surface area contributed by atoms with Crippen LogP contribution in [0.1, 0.15) is 30.6 Å². The van der Waals surface area contributed by atoms with Gasteiger partial charge >= 0.3 is 5.97 Å². The van der Waals surface area contributed by atoms with Crippen molar-refractivity contribution in [3.63, 3.8) is 0 Å². The van der Waals surface area contributed by atoms with Crippen LogP contribution in [0.15, 0.2) is 24.4 Å². The van der Waals surface area contributed by atoms with Crippen molar-refractivity contribution in [1.29, 1.82) is 0 Å². The monoisotopic (exact) mass is 289 g/mol. The number of carbonyl (C=O) groups is 2. The number of ether oxygens (including phenoxy) is 1. The number of H-pyrrole nitrogens is 1. The largest absolute Gasteiger partial charge is 0.465 e. The topological polar surface area (TPSA) is 75.3 Å². The maximum atomic E-state index is 12.5. The first-order chi connectivity index (χ1) is 10.2. The molecule has 112 valence electrons. The molecule has 1 N–H and O–H groups in total. The van der Waals surface area contributed by atoms with Crippen LogP contribution in [0.3, 0.4) is 0 Å². The Kier molecular flexibility index (Phi) is 4.92. The number of esters is 1. The molecule has 0 saturated carbocycles. The van der Waals surface area contributed by atoms with E-state index in [0.717, 1.165) is 17.3 Å². The lowest BCUT2D eigenvalue weighted by Gasteiger charge is -2.21. The fourth-order valence-electron chi connectivity index (χ4n) is 2.14. The van der Waals surface area contributed by atoms with Crippen LogP contribution in [0.25, 0.3) is 10.9 Å². The molecule has 1 aromatic heterocycles. The van der Waals surface area contributed by atoms with Crippen molar-refractivity contribution in [1.82, 2.24) is 15.1 Å². The van der Waals surface area contributed by atoms with Crippen molar-refractivity contribution in [2.45, 2.75) is 20.3 Å². The molecule has 1 aromatic carbocycles. The van der Waals surface area contributed by atoms with Crippen molar-refractivity contribution in [2.24, 2.45) is 0 Å². The van der Waals surface area contributed by atoms with Gasteiger partial charge in [-0.2, -0.15) is 5.10 Å². The van der Waals surface area contributed by atoms with E-state index in [0.29, 0.717) is 18.7 Å². The van der Waals surface area contributed by atoms with Crippen LogP contribution in [0.4, 0.5) is 0 Å². The number of aromatic nitrogens is 2. The van der Waals surface area contributed by atoms with Crippen molar-refractivity contribution < 1.29 is 14.3 Å². The molecule has 1 heterocycles. The lowest BCUT2D eigenvalue weighted by atomic mass is 10.1. The van der Waals surface area contributed by atoms with Gasteiger partial charge in [0.1, 0.15) is 6.54 Å². The van der Waals surface area contributed by atoms with Crippen LogP contribution in [0.5, 0.6) is 0 Å². The summed E-state index contributed by atoms with van der Waals surface area (Å²) in [4.78, 5) is 25.6. The summed E-state index contributed by atoms with van der Waals surface area (Å²) in [5, 5.41) is 7.64. The third-order valence-corrected chi connectivity index (χ3v) is 3.09. The van der Waals surface area contributed by atoms with Crippen molar-refractivity contribution >= 4 is 22.8 Å². The van der Waals surface area contributed by atoms with Gasteiger partial charge in [0.25, 0.3) is 5.91 Å². The zero-order valence-electron chi connectivity index (χ0n) is 12.3. The average molecular weight is 289 g/mol. The SMILES string of the molecule is CCCN(CC(=O)OCC)C(=O)c1ccc2[nH]ncc2c1. The molecule has 2 rings (SSSR count). The number of amides is 1.